The fourth-order valence-electron chi connectivity index (χ4n) is 2.17. The molecule has 0 aliphatic carbocycles. The molecule has 2 aromatic heterocycles. The van der Waals surface area contributed by atoms with E-state index in [1.54, 1.807) is 11.3 Å². The molecule has 100 valence electrons. The molecule has 0 saturated carbocycles. The molecule has 0 saturated heterocycles. The van der Waals surface area contributed by atoms with Gasteiger partial charge in [-0.3, -0.25) is 0 Å². The van der Waals surface area contributed by atoms with Crippen LogP contribution < -0.4 is 0 Å². The minimum atomic E-state index is 0.750. The van der Waals surface area contributed by atoms with Gasteiger partial charge in [0.1, 0.15) is 0 Å². The van der Waals surface area contributed by atoms with Gasteiger partial charge in [-0.05, 0) is 27.4 Å². The van der Waals surface area contributed by atoms with E-state index in [1.807, 2.05) is 30.6 Å². The van der Waals surface area contributed by atoms with Crippen molar-refractivity contribution in [1.29, 1.82) is 0 Å². The largest absolute Gasteiger partial charge is 0.326 e. The molecule has 0 bridgehead atoms. The SMILES string of the molecule is C=CCn1cnc(-c2ccccc2)c1-c1sccc1Br. The van der Waals surface area contributed by atoms with E-state index in [0.717, 1.165) is 28.0 Å². The van der Waals surface area contributed by atoms with Gasteiger partial charge >= 0.3 is 0 Å². The monoisotopic (exact) mass is 344 g/mol. The van der Waals surface area contributed by atoms with Crippen molar-refractivity contribution in [3.05, 3.63) is 65.2 Å². The number of aromatic nitrogens is 2. The second-order valence-corrected chi connectivity index (χ2v) is 6.12. The van der Waals surface area contributed by atoms with Crippen molar-refractivity contribution in [2.45, 2.75) is 6.54 Å². The number of halogens is 1. The van der Waals surface area contributed by atoms with Crippen molar-refractivity contribution in [2.24, 2.45) is 0 Å². The molecule has 0 amide bonds. The molecule has 20 heavy (non-hydrogen) atoms. The molecule has 0 spiro atoms. The number of rotatable bonds is 4. The second kappa shape index (κ2) is 5.77. The summed E-state index contributed by atoms with van der Waals surface area (Å²) in [4.78, 5) is 5.80. The van der Waals surface area contributed by atoms with E-state index in [0.29, 0.717) is 0 Å². The Morgan fingerprint density at radius 3 is 2.70 bits per heavy atom. The molecule has 0 unspecified atom stereocenters. The van der Waals surface area contributed by atoms with Crippen LogP contribution in [0.3, 0.4) is 0 Å². The predicted molar refractivity (Wildman–Crippen MR) is 88.9 cm³/mol. The minimum Gasteiger partial charge on any atom is -0.326 e. The Labute approximate surface area is 130 Å². The molecule has 0 aliphatic heterocycles. The first-order valence-electron chi connectivity index (χ1n) is 6.26. The quantitative estimate of drug-likeness (QED) is 0.592. The van der Waals surface area contributed by atoms with Crippen molar-refractivity contribution in [3.8, 4) is 21.8 Å². The van der Waals surface area contributed by atoms with Gasteiger partial charge in [0, 0.05) is 16.6 Å². The third-order valence-corrected chi connectivity index (χ3v) is 4.89. The van der Waals surface area contributed by atoms with Gasteiger partial charge in [-0.1, -0.05) is 36.4 Å². The van der Waals surface area contributed by atoms with Crippen molar-refractivity contribution in [2.75, 3.05) is 0 Å². The number of hydrogen-bond acceptors (Lipinski definition) is 2. The molecule has 0 atom stereocenters. The van der Waals surface area contributed by atoms with E-state index in [4.69, 9.17) is 0 Å². The first-order chi connectivity index (χ1) is 9.81. The summed E-state index contributed by atoms with van der Waals surface area (Å²) in [5.41, 5.74) is 3.28. The Morgan fingerprint density at radius 1 is 1.25 bits per heavy atom. The summed E-state index contributed by atoms with van der Waals surface area (Å²) in [6, 6.07) is 12.3. The number of benzene rings is 1. The average Bonchev–Trinajstić information content (AvgIpc) is 3.06. The average molecular weight is 345 g/mol. The Kier molecular flexibility index (Phi) is 3.85. The van der Waals surface area contributed by atoms with Gasteiger partial charge in [0.25, 0.3) is 0 Å². The van der Waals surface area contributed by atoms with Crippen LogP contribution in [-0.4, -0.2) is 9.55 Å². The first-order valence-corrected chi connectivity index (χ1v) is 7.93. The van der Waals surface area contributed by atoms with Crippen molar-refractivity contribution < 1.29 is 0 Å². The third-order valence-electron chi connectivity index (χ3n) is 3.04. The predicted octanol–water partition coefficient (Wildman–Crippen LogP) is 5.23. The van der Waals surface area contributed by atoms with E-state index >= 15 is 0 Å². The van der Waals surface area contributed by atoms with Gasteiger partial charge in [-0.15, -0.1) is 17.9 Å². The number of nitrogens with zero attached hydrogens (tertiary/aromatic N) is 2. The van der Waals surface area contributed by atoms with Crippen LogP contribution in [0.15, 0.2) is 65.2 Å². The van der Waals surface area contributed by atoms with Crippen molar-refractivity contribution in [1.82, 2.24) is 9.55 Å². The van der Waals surface area contributed by atoms with Crippen LogP contribution >= 0.6 is 27.3 Å². The van der Waals surface area contributed by atoms with Gasteiger partial charge in [-0.2, -0.15) is 0 Å². The van der Waals surface area contributed by atoms with Crippen LogP contribution in [0.5, 0.6) is 0 Å². The Bertz CT molecular complexity index is 728. The molecule has 0 fully saturated rings. The highest BCUT2D eigenvalue weighted by atomic mass is 79.9. The number of imidazole rings is 1. The lowest BCUT2D eigenvalue weighted by molar-refractivity contribution is 0.831. The van der Waals surface area contributed by atoms with Gasteiger partial charge in [-0.25, -0.2) is 4.98 Å². The zero-order valence-electron chi connectivity index (χ0n) is 10.8. The number of hydrogen-bond donors (Lipinski definition) is 0. The summed E-state index contributed by atoms with van der Waals surface area (Å²) in [5.74, 6) is 0. The van der Waals surface area contributed by atoms with Gasteiger partial charge < -0.3 is 4.57 Å². The highest BCUT2D eigenvalue weighted by molar-refractivity contribution is 9.10. The lowest BCUT2D eigenvalue weighted by Crippen LogP contribution is -1.96. The van der Waals surface area contributed by atoms with Crippen molar-refractivity contribution in [3.63, 3.8) is 0 Å². The molecule has 0 N–H and O–H groups in total. The Balaban J connectivity index is 2.22. The molecule has 3 aromatic rings. The maximum absolute atomic E-state index is 4.60. The second-order valence-electron chi connectivity index (χ2n) is 4.35. The molecular weight excluding hydrogens is 332 g/mol. The van der Waals surface area contributed by atoms with Crippen LogP contribution in [0.4, 0.5) is 0 Å². The van der Waals surface area contributed by atoms with Gasteiger partial charge in [0.05, 0.1) is 22.6 Å². The van der Waals surface area contributed by atoms with Crippen molar-refractivity contribution >= 4 is 27.3 Å². The summed E-state index contributed by atoms with van der Waals surface area (Å²) in [5, 5.41) is 2.08. The molecule has 2 heterocycles. The van der Waals surface area contributed by atoms with Gasteiger partial charge in [0.15, 0.2) is 0 Å². The van der Waals surface area contributed by atoms with Crippen LogP contribution in [0.2, 0.25) is 0 Å². The van der Waals surface area contributed by atoms with E-state index < -0.39 is 0 Å². The minimum absolute atomic E-state index is 0.750. The molecular formula is C16H13BrN2S. The lowest BCUT2D eigenvalue weighted by atomic mass is 10.1. The summed E-state index contributed by atoms with van der Waals surface area (Å²) in [6.07, 6.45) is 3.77. The normalized spacial score (nSPS) is 10.7. The molecule has 0 aliphatic rings. The molecule has 0 radical (unpaired) electrons. The smallest absolute Gasteiger partial charge is 0.0972 e. The van der Waals surface area contributed by atoms with E-state index in [9.17, 15) is 0 Å². The summed E-state index contributed by atoms with van der Waals surface area (Å²) >= 11 is 5.34. The van der Waals surface area contributed by atoms with Crippen LogP contribution in [0.1, 0.15) is 0 Å². The first kappa shape index (κ1) is 13.3. The summed E-state index contributed by atoms with van der Waals surface area (Å²) < 4.78 is 3.23. The van der Waals surface area contributed by atoms with Crippen LogP contribution in [0, 0.1) is 0 Å². The lowest BCUT2D eigenvalue weighted by Gasteiger charge is -2.07. The third kappa shape index (κ3) is 2.37. The van der Waals surface area contributed by atoms with Crippen LogP contribution in [0.25, 0.3) is 21.8 Å². The Morgan fingerprint density at radius 2 is 2.05 bits per heavy atom. The van der Waals surface area contributed by atoms with Gasteiger partial charge in [0.2, 0.25) is 0 Å². The zero-order chi connectivity index (χ0) is 13.9. The molecule has 3 rings (SSSR count). The molecule has 4 heteroatoms. The summed E-state index contributed by atoms with van der Waals surface area (Å²) in [6.45, 7) is 4.58. The summed E-state index contributed by atoms with van der Waals surface area (Å²) in [7, 11) is 0. The highest BCUT2D eigenvalue weighted by Gasteiger charge is 2.17. The fourth-order valence-corrected chi connectivity index (χ4v) is 3.79. The Hall–Kier alpha value is -1.65. The molecule has 2 nitrogen and oxygen atoms in total. The van der Waals surface area contributed by atoms with E-state index in [2.05, 4.69) is 55.6 Å². The highest BCUT2D eigenvalue weighted by Crippen LogP contribution is 2.39. The molecule has 1 aromatic carbocycles. The maximum atomic E-state index is 4.60. The number of thiophene rings is 1. The zero-order valence-corrected chi connectivity index (χ0v) is 13.2. The fraction of sp³-hybridized carbons (Fsp3) is 0.0625. The number of allylic oxidation sites excluding steroid dienone is 1. The topological polar surface area (TPSA) is 17.8 Å². The standard InChI is InChI=1S/C16H13BrN2S/c1-2-9-19-11-18-14(12-6-4-3-5-7-12)15(19)16-13(17)8-10-20-16/h2-8,10-11H,1,9H2. The van der Waals surface area contributed by atoms with Crippen LogP contribution in [-0.2, 0) is 6.54 Å². The maximum Gasteiger partial charge on any atom is 0.0972 e. The van der Waals surface area contributed by atoms with E-state index in [1.165, 1.54) is 4.88 Å². The van der Waals surface area contributed by atoms with E-state index in [-0.39, 0.29) is 0 Å².